The fourth-order valence-corrected chi connectivity index (χ4v) is 1.79. The third-order valence-electron chi connectivity index (χ3n) is 2.69. The lowest BCUT2D eigenvalue weighted by molar-refractivity contribution is 0.570. The van der Waals surface area contributed by atoms with E-state index in [0.29, 0.717) is 6.04 Å². The van der Waals surface area contributed by atoms with Gasteiger partial charge in [0.05, 0.1) is 0 Å². The number of aryl methyl sites for hydroxylation is 1. The van der Waals surface area contributed by atoms with Crippen LogP contribution in [0.25, 0.3) is 0 Å². The first-order valence-corrected chi connectivity index (χ1v) is 6.10. The van der Waals surface area contributed by atoms with E-state index in [1.165, 1.54) is 30.4 Å². The van der Waals surface area contributed by atoms with Crippen molar-refractivity contribution in [2.24, 2.45) is 0 Å². The van der Waals surface area contributed by atoms with Gasteiger partial charge in [-0.15, -0.1) is 0 Å². The summed E-state index contributed by atoms with van der Waals surface area (Å²) < 4.78 is 0. The van der Waals surface area contributed by atoms with Gasteiger partial charge in [0.1, 0.15) is 0 Å². The number of hydrogen-bond acceptors (Lipinski definition) is 1. The summed E-state index contributed by atoms with van der Waals surface area (Å²) in [7, 11) is 0. The minimum Gasteiger partial charge on any atom is -0.310 e. The van der Waals surface area contributed by atoms with E-state index in [1.54, 1.807) is 0 Å². The molecule has 0 aliphatic rings. The average Bonchev–Trinajstić information content (AvgIpc) is 2.27. The van der Waals surface area contributed by atoms with Gasteiger partial charge in [-0.2, -0.15) is 0 Å². The predicted octanol–water partition coefficient (Wildman–Crippen LogP) is 3.70. The van der Waals surface area contributed by atoms with E-state index in [4.69, 9.17) is 0 Å². The molecule has 15 heavy (non-hydrogen) atoms. The minimum atomic E-state index is 0.474. The molecule has 0 saturated carbocycles. The summed E-state index contributed by atoms with van der Waals surface area (Å²) in [5, 5.41) is 3.52. The maximum Gasteiger partial charge on any atom is 0.0291 e. The van der Waals surface area contributed by atoms with Crippen molar-refractivity contribution in [1.29, 1.82) is 0 Å². The Labute approximate surface area is 93.9 Å². The average molecular weight is 205 g/mol. The minimum absolute atomic E-state index is 0.474. The lowest BCUT2D eigenvalue weighted by Gasteiger charge is -2.14. The Bertz CT molecular complexity index is 280. The second kappa shape index (κ2) is 6.62. The molecule has 1 N–H and O–H groups in total. The molecule has 0 aliphatic carbocycles. The van der Waals surface area contributed by atoms with Gasteiger partial charge in [-0.3, -0.25) is 0 Å². The maximum atomic E-state index is 3.52. The smallest absolute Gasteiger partial charge is 0.0291 e. The zero-order chi connectivity index (χ0) is 11.1. The Morgan fingerprint density at radius 1 is 1.20 bits per heavy atom. The van der Waals surface area contributed by atoms with Crippen LogP contribution < -0.4 is 5.32 Å². The molecule has 84 valence electrons. The van der Waals surface area contributed by atoms with Gasteiger partial charge in [0.25, 0.3) is 0 Å². The van der Waals surface area contributed by atoms with Crippen molar-refractivity contribution in [2.75, 3.05) is 6.54 Å². The third kappa shape index (κ3) is 4.05. The Balaban J connectivity index is 2.62. The van der Waals surface area contributed by atoms with Gasteiger partial charge < -0.3 is 5.32 Å². The number of nitrogens with one attached hydrogen (secondary N) is 1. The Morgan fingerprint density at radius 3 is 2.67 bits per heavy atom. The van der Waals surface area contributed by atoms with Gasteiger partial charge in [-0.25, -0.2) is 0 Å². The van der Waals surface area contributed by atoms with Gasteiger partial charge in [0.15, 0.2) is 0 Å². The second-order valence-corrected chi connectivity index (χ2v) is 4.17. The standard InChI is InChI=1S/C14H23N/c1-4-7-13-8-6-9-14(11-13)12(3)15-10-5-2/h6,8-9,11-12,15H,4-5,7,10H2,1-3H3. The van der Waals surface area contributed by atoms with Crippen LogP contribution >= 0.6 is 0 Å². The van der Waals surface area contributed by atoms with Gasteiger partial charge in [0, 0.05) is 6.04 Å². The van der Waals surface area contributed by atoms with E-state index in [9.17, 15) is 0 Å². The lowest BCUT2D eigenvalue weighted by Crippen LogP contribution is -2.19. The van der Waals surface area contributed by atoms with Crippen molar-refractivity contribution < 1.29 is 0 Å². The first kappa shape index (κ1) is 12.3. The summed E-state index contributed by atoms with van der Waals surface area (Å²) in [5.41, 5.74) is 2.87. The normalized spacial score (nSPS) is 12.7. The highest BCUT2D eigenvalue weighted by Crippen LogP contribution is 2.15. The molecule has 1 nitrogen and oxygen atoms in total. The van der Waals surface area contributed by atoms with E-state index in [0.717, 1.165) is 6.54 Å². The Morgan fingerprint density at radius 2 is 2.00 bits per heavy atom. The molecule has 0 bridgehead atoms. The molecule has 0 aromatic heterocycles. The third-order valence-corrected chi connectivity index (χ3v) is 2.69. The molecule has 0 heterocycles. The molecule has 0 radical (unpaired) electrons. The monoisotopic (exact) mass is 205 g/mol. The van der Waals surface area contributed by atoms with Gasteiger partial charge in [-0.05, 0) is 37.4 Å². The van der Waals surface area contributed by atoms with Crippen molar-refractivity contribution in [3.05, 3.63) is 35.4 Å². The highest BCUT2D eigenvalue weighted by molar-refractivity contribution is 5.25. The van der Waals surface area contributed by atoms with Crippen LogP contribution in [0.5, 0.6) is 0 Å². The first-order valence-electron chi connectivity index (χ1n) is 6.10. The van der Waals surface area contributed by atoms with Gasteiger partial charge in [0.2, 0.25) is 0 Å². The summed E-state index contributed by atoms with van der Waals surface area (Å²) in [6.45, 7) is 7.76. The molecule has 1 atom stereocenters. The quantitative estimate of drug-likeness (QED) is 0.746. The van der Waals surface area contributed by atoms with Crippen molar-refractivity contribution in [2.45, 2.75) is 46.1 Å². The number of hydrogen-bond donors (Lipinski definition) is 1. The van der Waals surface area contributed by atoms with E-state index < -0.39 is 0 Å². The van der Waals surface area contributed by atoms with Crippen LogP contribution in [-0.4, -0.2) is 6.54 Å². The molecule has 1 aromatic rings. The molecule has 1 heteroatoms. The van der Waals surface area contributed by atoms with Crippen LogP contribution in [0, 0.1) is 0 Å². The van der Waals surface area contributed by atoms with Crippen LogP contribution in [-0.2, 0) is 6.42 Å². The molecular formula is C14H23N. The predicted molar refractivity (Wildman–Crippen MR) is 67.1 cm³/mol. The lowest BCUT2D eigenvalue weighted by atomic mass is 10.0. The maximum absolute atomic E-state index is 3.52. The molecule has 0 fully saturated rings. The molecular weight excluding hydrogens is 182 g/mol. The number of rotatable bonds is 6. The Kier molecular flexibility index (Phi) is 5.41. The fraction of sp³-hybridized carbons (Fsp3) is 0.571. The molecule has 1 rings (SSSR count). The van der Waals surface area contributed by atoms with Crippen molar-refractivity contribution in [3.8, 4) is 0 Å². The summed E-state index contributed by atoms with van der Waals surface area (Å²) >= 11 is 0. The van der Waals surface area contributed by atoms with E-state index in [-0.39, 0.29) is 0 Å². The van der Waals surface area contributed by atoms with Gasteiger partial charge in [-0.1, -0.05) is 44.5 Å². The summed E-state index contributed by atoms with van der Waals surface area (Å²) in [4.78, 5) is 0. The van der Waals surface area contributed by atoms with Crippen molar-refractivity contribution in [1.82, 2.24) is 5.32 Å². The molecule has 1 aromatic carbocycles. The van der Waals surface area contributed by atoms with Crippen molar-refractivity contribution >= 4 is 0 Å². The highest BCUT2D eigenvalue weighted by Gasteiger charge is 2.03. The zero-order valence-electron chi connectivity index (χ0n) is 10.2. The highest BCUT2D eigenvalue weighted by atomic mass is 14.9. The SMILES string of the molecule is CCCNC(C)c1cccc(CCC)c1. The summed E-state index contributed by atoms with van der Waals surface area (Å²) in [5.74, 6) is 0. The van der Waals surface area contributed by atoms with E-state index in [2.05, 4.69) is 50.4 Å². The fourth-order valence-electron chi connectivity index (χ4n) is 1.79. The largest absolute Gasteiger partial charge is 0.310 e. The first-order chi connectivity index (χ1) is 7.27. The molecule has 0 saturated heterocycles. The topological polar surface area (TPSA) is 12.0 Å². The van der Waals surface area contributed by atoms with Crippen LogP contribution in [0.15, 0.2) is 24.3 Å². The molecule has 0 amide bonds. The van der Waals surface area contributed by atoms with Crippen LogP contribution in [0.1, 0.15) is 50.8 Å². The van der Waals surface area contributed by atoms with E-state index in [1.807, 2.05) is 0 Å². The summed E-state index contributed by atoms with van der Waals surface area (Å²) in [6.07, 6.45) is 3.60. The second-order valence-electron chi connectivity index (χ2n) is 4.17. The Hall–Kier alpha value is -0.820. The number of benzene rings is 1. The van der Waals surface area contributed by atoms with Crippen molar-refractivity contribution in [3.63, 3.8) is 0 Å². The van der Waals surface area contributed by atoms with Crippen LogP contribution in [0.4, 0.5) is 0 Å². The zero-order valence-corrected chi connectivity index (χ0v) is 10.2. The van der Waals surface area contributed by atoms with Crippen LogP contribution in [0.3, 0.4) is 0 Å². The van der Waals surface area contributed by atoms with Gasteiger partial charge >= 0.3 is 0 Å². The van der Waals surface area contributed by atoms with Crippen LogP contribution in [0.2, 0.25) is 0 Å². The molecule has 0 aliphatic heterocycles. The molecule has 0 spiro atoms. The summed E-state index contributed by atoms with van der Waals surface area (Å²) in [6, 6.07) is 9.41. The molecule has 1 unspecified atom stereocenters. The van der Waals surface area contributed by atoms with E-state index >= 15 is 0 Å².